The molecule has 4 heteroatoms. The summed E-state index contributed by atoms with van der Waals surface area (Å²) in [5, 5.41) is 5.22. The first-order chi connectivity index (χ1) is 10.7. The van der Waals surface area contributed by atoms with Gasteiger partial charge in [-0.1, -0.05) is 41.4 Å². The molecular weight excluding hydrogens is 317 g/mol. The summed E-state index contributed by atoms with van der Waals surface area (Å²) >= 11 is 12.6. The standard InChI is InChI=1S/C18H17Cl2NO/c19-11-7-8-16-14(10-11)18-13(5-3-9-22-18)17(21-16)12-4-1-2-6-15(12)20/h1-2,4,6-8,10,13,17-18,21H,3,5,9H2/t13-,17+,18-/m1/s1. The smallest absolute Gasteiger partial charge is 0.0896 e. The second kappa shape index (κ2) is 5.77. The molecule has 0 aliphatic carbocycles. The van der Waals surface area contributed by atoms with E-state index >= 15 is 0 Å². The minimum atomic E-state index is 0.0879. The van der Waals surface area contributed by atoms with Gasteiger partial charge in [-0.25, -0.2) is 0 Å². The molecule has 1 saturated heterocycles. The maximum absolute atomic E-state index is 6.44. The zero-order valence-electron chi connectivity index (χ0n) is 12.1. The lowest BCUT2D eigenvalue weighted by atomic mass is 9.77. The van der Waals surface area contributed by atoms with Gasteiger partial charge in [-0.2, -0.15) is 0 Å². The van der Waals surface area contributed by atoms with Crippen molar-refractivity contribution in [3.63, 3.8) is 0 Å². The van der Waals surface area contributed by atoms with E-state index in [1.807, 2.05) is 36.4 Å². The summed E-state index contributed by atoms with van der Waals surface area (Å²) in [6, 6.07) is 14.2. The Kier molecular flexibility index (Phi) is 3.77. The third kappa shape index (κ3) is 2.40. The lowest BCUT2D eigenvalue weighted by Crippen LogP contribution is -2.36. The molecule has 0 radical (unpaired) electrons. The predicted octanol–water partition coefficient (Wildman–Crippen LogP) is 5.63. The number of nitrogens with one attached hydrogen (secondary N) is 1. The number of ether oxygens (including phenoxy) is 1. The Bertz CT molecular complexity index is 703. The number of benzene rings is 2. The van der Waals surface area contributed by atoms with Crippen molar-refractivity contribution in [2.24, 2.45) is 5.92 Å². The zero-order valence-corrected chi connectivity index (χ0v) is 13.6. The van der Waals surface area contributed by atoms with Gasteiger partial charge in [-0.3, -0.25) is 0 Å². The summed E-state index contributed by atoms with van der Waals surface area (Å²) in [6.07, 6.45) is 2.30. The van der Waals surface area contributed by atoms with Crippen LogP contribution in [-0.4, -0.2) is 6.61 Å². The molecule has 0 bridgehead atoms. The summed E-state index contributed by atoms with van der Waals surface area (Å²) < 4.78 is 6.11. The SMILES string of the molecule is Clc1ccc2c(c1)[C@@H]1OCCC[C@@H]1[C@H](c1ccccc1Cl)N2. The van der Waals surface area contributed by atoms with Gasteiger partial charge >= 0.3 is 0 Å². The van der Waals surface area contributed by atoms with Crippen molar-refractivity contribution in [1.29, 1.82) is 0 Å². The number of rotatable bonds is 1. The summed E-state index contributed by atoms with van der Waals surface area (Å²) in [6.45, 7) is 0.808. The lowest BCUT2D eigenvalue weighted by Gasteiger charge is -2.43. The highest BCUT2D eigenvalue weighted by atomic mass is 35.5. The van der Waals surface area contributed by atoms with Crippen LogP contribution in [0, 0.1) is 5.92 Å². The van der Waals surface area contributed by atoms with E-state index < -0.39 is 0 Å². The fraction of sp³-hybridized carbons (Fsp3) is 0.333. The third-order valence-corrected chi connectivity index (χ3v) is 5.25. The molecule has 2 aromatic carbocycles. The lowest BCUT2D eigenvalue weighted by molar-refractivity contribution is -0.0381. The Morgan fingerprint density at radius 2 is 1.91 bits per heavy atom. The molecule has 2 aliphatic heterocycles. The maximum Gasteiger partial charge on any atom is 0.0896 e. The van der Waals surface area contributed by atoms with Crippen LogP contribution < -0.4 is 5.32 Å². The second-order valence-electron chi connectivity index (χ2n) is 5.97. The highest BCUT2D eigenvalue weighted by Crippen LogP contribution is 2.50. The van der Waals surface area contributed by atoms with Crippen LogP contribution in [-0.2, 0) is 4.74 Å². The quantitative estimate of drug-likeness (QED) is 0.730. The summed E-state index contributed by atoms with van der Waals surface area (Å²) in [4.78, 5) is 0. The van der Waals surface area contributed by atoms with Crippen LogP contribution in [0.3, 0.4) is 0 Å². The van der Waals surface area contributed by atoms with Crippen molar-refractivity contribution in [2.75, 3.05) is 11.9 Å². The monoisotopic (exact) mass is 333 g/mol. The molecule has 0 spiro atoms. The van der Waals surface area contributed by atoms with Crippen LogP contribution in [0.15, 0.2) is 42.5 Å². The molecule has 2 aromatic rings. The number of fused-ring (bicyclic) bond motifs is 3. The zero-order chi connectivity index (χ0) is 15.1. The molecule has 0 aromatic heterocycles. The van der Waals surface area contributed by atoms with Gasteiger partial charge in [0.1, 0.15) is 0 Å². The molecule has 2 heterocycles. The van der Waals surface area contributed by atoms with E-state index in [2.05, 4.69) is 11.4 Å². The molecule has 2 nitrogen and oxygen atoms in total. The minimum Gasteiger partial charge on any atom is -0.377 e. The largest absolute Gasteiger partial charge is 0.377 e. The van der Waals surface area contributed by atoms with Crippen molar-refractivity contribution in [1.82, 2.24) is 0 Å². The first-order valence-electron chi connectivity index (χ1n) is 7.66. The average molecular weight is 334 g/mol. The molecule has 1 N–H and O–H groups in total. The molecule has 1 fully saturated rings. The van der Waals surface area contributed by atoms with Crippen molar-refractivity contribution in [3.05, 3.63) is 63.6 Å². The number of hydrogen-bond acceptors (Lipinski definition) is 2. The van der Waals surface area contributed by atoms with Gasteiger partial charge in [-0.05, 0) is 42.7 Å². The molecule has 2 aliphatic rings. The Labute approximate surface area is 140 Å². The second-order valence-corrected chi connectivity index (χ2v) is 6.82. The first-order valence-corrected chi connectivity index (χ1v) is 8.41. The molecule has 4 rings (SSSR count). The number of halogens is 2. The molecule has 22 heavy (non-hydrogen) atoms. The van der Waals surface area contributed by atoms with E-state index in [1.165, 1.54) is 5.56 Å². The van der Waals surface area contributed by atoms with Crippen molar-refractivity contribution >= 4 is 28.9 Å². The predicted molar refractivity (Wildman–Crippen MR) is 90.7 cm³/mol. The normalized spacial score (nSPS) is 26.7. The van der Waals surface area contributed by atoms with E-state index in [4.69, 9.17) is 27.9 Å². The fourth-order valence-electron chi connectivity index (χ4n) is 3.68. The third-order valence-electron chi connectivity index (χ3n) is 4.67. The molecule has 0 amide bonds. The summed E-state index contributed by atoms with van der Waals surface area (Å²) in [5.41, 5.74) is 3.41. The van der Waals surface area contributed by atoms with E-state index in [-0.39, 0.29) is 12.1 Å². The Morgan fingerprint density at radius 1 is 1.05 bits per heavy atom. The van der Waals surface area contributed by atoms with Gasteiger partial charge in [0, 0.05) is 33.8 Å². The van der Waals surface area contributed by atoms with Gasteiger partial charge in [0.2, 0.25) is 0 Å². The van der Waals surface area contributed by atoms with Gasteiger partial charge < -0.3 is 10.1 Å². The van der Waals surface area contributed by atoms with Crippen LogP contribution in [0.1, 0.15) is 36.1 Å². The van der Waals surface area contributed by atoms with Gasteiger partial charge in [0.25, 0.3) is 0 Å². The Balaban J connectivity index is 1.81. The van der Waals surface area contributed by atoms with Crippen LogP contribution >= 0.6 is 23.2 Å². The molecule has 0 saturated carbocycles. The topological polar surface area (TPSA) is 21.3 Å². The number of hydrogen-bond donors (Lipinski definition) is 1. The highest BCUT2D eigenvalue weighted by molar-refractivity contribution is 6.31. The Morgan fingerprint density at radius 3 is 2.77 bits per heavy atom. The molecular formula is C18H17Cl2NO. The maximum atomic E-state index is 6.44. The van der Waals surface area contributed by atoms with E-state index in [0.29, 0.717) is 5.92 Å². The molecule has 114 valence electrons. The molecule has 0 unspecified atom stereocenters. The number of anilines is 1. The van der Waals surface area contributed by atoms with Gasteiger partial charge in [0.05, 0.1) is 12.1 Å². The van der Waals surface area contributed by atoms with Crippen molar-refractivity contribution in [3.8, 4) is 0 Å². The van der Waals surface area contributed by atoms with E-state index in [9.17, 15) is 0 Å². The van der Waals surface area contributed by atoms with Gasteiger partial charge in [0.15, 0.2) is 0 Å². The average Bonchev–Trinajstić information content (AvgIpc) is 2.55. The van der Waals surface area contributed by atoms with Gasteiger partial charge in [-0.15, -0.1) is 0 Å². The van der Waals surface area contributed by atoms with Crippen LogP contribution in [0.4, 0.5) is 5.69 Å². The van der Waals surface area contributed by atoms with Crippen molar-refractivity contribution in [2.45, 2.75) is 25.0 Å². The van der Waals surface area contributed by atoms with Crippen LogP contribution in [0.5, 0.6) is 0 Å². The minimum absolute atomic E-state index is 0.0879. The fourth-order valence-corrected chi connectivity index (χ4v) is 4.11. The highest BCUT2D eigenvalue weighted by Gasteiger charge is 2.40. The summed E-state index contributed by atoms with van der Waals surface area (Å²) in [5.74, 6) is 0.375. The van der Waals surface area contributed by atoms with Crippen molar-refractivity contribution < 1.29 is 4.74 Å². The van der Waals surface area contributed by atoms with Crippen LogP contribution in [0.2, 0.25) is 10.0 Å². The molecule has 3 atom stereocenters. The van der Waals surface area contributed by atoms with E-state index in [0.717, 1.165) is 40.7 Å². The Hall–Kier alpha value is -1.22. The first kappa shape index (κ1) is 14.4. The van der Waals surface area contributed by atoms with Crippen LogP contribution in [0.25, 0.3) is 0 Å². The summed E-state index contributed by atoms with van der Waals surface area (Å²) in [7, 11) is 0. The van der Waals surface area contributed by atoms with E-state index in [1.54, 1.807) is 0 Å².